The minimum Gasteiger partial charge on any atom is -0.346 e. The fourth-order valence-corrected chi connectivity index (χ4v) is 2.39. The van der Waals surface area contributed by atoms with Gasteiger partial charge < -0.3 is 5.32 Å². The first-order valence-corrected chi connectivity index (χ1v) is 6.69. The van der Waals surface area contributed by atoms with Crippen LogP contribution in [0.2, 0.25) is 0 Å². The van der Waals surface area contributed by atoms with Crippen LogP contribution in [0.5, 0.6) is 0 Å². The van der Waals surface area contributed by atoms with Crippen molar-refractivity contribution in [3.63, 3.8) is 0 Å². The van der Waals surface area contributed by atoms with Crippen molar-refractivity contribution in [1.82, 2.24) is 25.2 Å². The molecule has 0 saturated heterocycles. The fourth-order valence-electron chi connectivity index (χ4n) is 1.68. The molecule has 0 fully saturated rings. The second-order valence-corrected chi connectivity index (χ2v) is 4.93. The monoisotopic (exact) mass is 272 g/mol. The molecule has 3 rings (SSSR count). The van der Waals surface area contributed by atoms with Crippen LogP contribution in [0.1, 0.15) is 10.7 Å². The van der Waals surface area contributed by atoms with E-state index in [-0.39, 0.29) is 0 Å². The van der Waals surface area contributed by atoms with Crippen molar-refractivity contribution in [1.29, 1.82) is 0 Å². The summed E-state index contributed by atoms with van der Waals surface area (Å²) in [5, 5.41) is 17.9. The van der Waals surface area contributed by atoms with Gasteiger partial charge in [0, 0.05) is 11.1 Å². The molecule has 1 aromatic carbocycles. The normalized spacial score (nSPS) is 10.6. The van der Waals surface area contributed by atoms with Crippen LogP contribution in [0.25, 0.3) is 5.69 Å². The Morgan fingerprint density at radius 2 is 2.11 bits per heavy atom. The molecule has 2 heterocycles. The first-order valence-electron chi connectivity index (χ1n) is 5.81. The number of aryl methyl sites for hydroxylation is 1. The summed E-state index contributed by atoms with van der Waals surface area (Å²) in [6, 6.07) is 9.76. The molecule has 0 radical (unpaired) electrons. The van der Waals surface area contributed by atoms with E-state index in [1.807, 2.05) is 42.6 Å². The van der Waals surface area contributed by atoms with E-state index in [4.69, 9.17) is 0 Å². The van der Waals surface area contributed by atoms with Gasteiger partial charge in [0.15, 0.2) is 0 Å². The molecule has 0 spiro atoms. The van der Waals surface area contributed by atoms with Gasteiger partial charge >= 0.3 is 0 Å². The number of thiazole rings is 1. The van der Waals surface area contributed by atoms with Gasteiger partial charge in [-0.1, -0.05) is 23.3 Å². The number of hydrogen-bond donors (Lipinski definition) is 1. The van der Waals surface area contributed by atoms with Gasteiger partial charge in [-0.3, -0.25) is 0 Å². The van der Waals surface area contributed by atoms with E-state index < -0.39 is 0 Å². The zero-order chi connectivity index (χ0) is 13.1. The molecule has 0 aliphatic rings. The average molecular weight is 272 g/mol. The second-order valence-electron chi connectivity index (χ2n) is 3.99. The number of anilines is 1. The van der Waals surface area contributed by atoms with Crippen molar-refractivity contribution >= 4 is 17.3 Å². The average Bonchev–Trinajstić information content (AvgIpc) is 3.06. The first kappa shape index (κ1) is 11.8. The summed E-state index contributed by atoms with van der Waals surface area (Å²) < 4.78 is 1.67. The van der Waals surface area contributed by atoms with E-state index >= 15 is 0 Å². The van der Waals surface area contributed by atoms with Crippen LogP contribution >= 0.6 is 11.3 Å². The van der Waals surface area contributed by atoms with Gasteiger partial charge in [0.05, 0.1) is 12.2 Å². The van der Waals surface area contributed by atoms with Crippen molar-refractivity contribution in [2.75, 3.05) is 5.32 Å². The van der Waals surface area contributed by atoms with Crippen LogP contribution in [-0.4, -0.2) is 25.2 Å². The minimum atomic E-state index is 0.610. The second kappa shape index (κ2) is 5.15. The Kier molecular flexibility index (Phi) is 3.20. The predicted molar refractivity (Wildman–Crippen MR) is 73.3 cm³/mol. The van der Waals surface area contributed by atoms with E-state index in [0.29, 0.717) is 12.5 Å². The summed E-state index contributed by atoms with van der Waals surface area (Å²) in [6.45, 7) is 2.60. The lowest BCUT2D eigenvalue weighted by Crippen LogP contribution is -2.07. The van der Waals surface area contributed by atoms with Crippen LogP contribution in [0.15, 0.2) is 35.7 Å². The lowest BCUT2D eigenvalue weighted by atomic mass is 10.3. The standard InChI is InChI=1S/C12H12N6S/c1-9-8-19-11(14-9)7-13-12-15-16-17-18(12)10-5-3-2-4-6-10/h2-6,8H,7H2,1H3,(H,13,15,17). The van der Waals surface area contributed by atoms with E-state index in [2.05, 4.69) is 25.8 Å². The van der Waals surface area contributed by atoms with E-state index in [0.717, 1.165) is 16.4 Å². The number of nitrogens with one attached hydrogen (secondary N) is 1. The van der Waals surface area contributed by atoms with Crippen molar-refractivity contribution < 1.29 is 0 Å². The minimum absolute atomic E-state index is 0.610. The van der Waals surface area contributed by atoms with Crippen LogP contribution in [0, 0.1) is 6.92 Å². The molecule has 0 amide bonds. The quantitative estimate of drug-likeness (QED) is 0.787. The lowest BCUT2D eigenvalue weighted by molar-refractivity contribution is 0.789. The third-order valence-corrected chi connectivity index (χ3v) is 3.50. The molecule has 0 bridgehead atoms. The van der Waals surface area contributed by atoms with Crippen LogP contribution in [-0.2, 0) is 6.54 Å². The van der Waals surface area contributed by atoms with Crippen LogP contribution in [0.4, 0.5) is 5.95 Å². The Bertz CT molecular complexity index is 660. The molecule has 0 aliphatic carbocycles. The van der Waals surface area contributed by atoms with E-state index in [1.54, 1.807) is 16.0 Å². The molecule has 19 heavy (non-hydrogen) atoms. The van der Waals surface area contributed by atoms with E-state index in [9.17, 15) is 0 Å². The first-order chi connectivity index (χ1) is 9.33. The van der Waals surface area contributed by atoms with Crippen molar-refractivity contribution in [2.45, 2.75) is 13.5 Å². The summed E-state index contributed by atoms with van der Waals surface area (Å²) in [5.74, 6) is 0.610. The van der Waals surface area contributed by atoms with Crippen LogP contribution in [0.3, 0.4) is 0 Å². The highest BCUT2D eigenvalue weighted by Gasteiger charge is 2.08. The van der Waals surface area contributed by atoms with Crippen molar-refractivity contribution in [3.8, 4) is 5.69 Å². The Hall–Kier alpha value is -2.28. The van der Waals surface area contributed by atoms with Gasteiger partial charge in [-0.2, -0.15) is 4.68 Å². The molecule has 96 valence electrons. The zero-order valence-corrected chi connectivity index (χ0v) is 11.1. The summed E-state index contributed by atoms with van der Waals surface area (Å²) in [7, 11) is 0. The number of nitrogens with zero attached hydrogens (tertiary/aromatic N) is 5. The number of rotatable bonds is 4. The lowest BCUT2D eigenvalue weighted by Gasteiger charge is -2.05. The van der Waals surface area contributed by atoms with Crippen LogP contribution < -0.4 is 5.32 Å². The predicted octanol–water partition coefficient (Wildman–Crippen LogP) is 2.04. The molecular weight excluding hydrogens is 260 g/mol. The smallest absolute Gasteiger partial charge is 0.248 e. The number of tetrazole rings is 1. The summed E-state index contributed by atoms with van der Waals surface area (Å²) >= 11 is 1.62. The highest BCUT2D eigenvalue weighted by molar-refractivity contribution is 7.09. The molecule has 0 saturated carbocycles. The molecule has 2 aromatic heterocycles. The van der Waals surface area contributed by atoms with Gasteiger partial charge in [0.2, 0.25) is 5.95 Å². The highest BCUT2D eigenvalue weighted by Crippen LogP contribution is 2.13. The molecule has 6 nitrogen and oxygen atoms in total. The summed E-state index contributed by atoms with van der Waals surface area (Å²) in [6.07, 6.45) is 0. The number of para-hydroxylation sites is 1. The molecule has 1 N–H and O–H groups in total. The third-order valence-electron chi connectivity index (χ3n) is 2.53. The molecular formula is C12H12N6S. The maximum Gasteiger partial charge on any atom is 0.248 e. The van der Waals surface area contributed by atoms with Gasteiger partial charge in [-0.15, -0.1) is 11.3 Å². The molecule has 0 unspecified atom stereocenters. The zero-order valence-electron chi connectivity index (χ0n) is 10.3. The topological polar surface area (TPSA) is 68.5 Å². The molecule has 0 atom stereocenters. The van der Waals surface area contributed by atoms with Gasteiger partial charge in [0.1, 0.15) is 5.01 Å². The van der Waals surface area contributed by atoms with Crippen molar-refractivity contribution in [2.24, 2.45) is 0 Å². The maximum absolute atomic E-state index is 4.39. The third kappa shape index (κ3) is 2.60. The highest BCUT2D eigenvalue weighted by atomic mass is 32.1. The molecule has 0 aliphatic heterocycles. The number of hydrogen-bond acceptors (Lipinski definition) is 6. The largest absolute Gasteiger partial charge is 0.346 e. The SMILES string of the molecule is Cc1csc(CNc2nnnn2-c2ccccc2)n1. The maximum atomic E-state index is 4.39. The Labute approximate surface area is 114 Å². The van der Waals surface area contributed by atoms with Gasteiger partial charge in [0.25, 0.3) is 0 Å². The summed E-state index contributed by atoms with van der Waals surface area (Å²) in [5.41, 5.74) is 1.95. The Balaban J connectivity index is 1.77. The van der Waals surface area contributed by atoms with Gasteiger partial charge in [-0.05, 0) is 29.5 Å². The summed E-state index contributed by atoms with van der Waals surface area (Å²) in [4.78, 5) is 4.39. The fraction of sp³-hybridized carbons (Fsp3) is 0.167. The molecule has 3 aromatic rings. The number of aromatic nitrogens is 5. The Morgan fingerprint density at radius 3 is 2.84 bits per heavy atom. The molecule has 7 heteroatoms. The van der Waals surface area contributed by atoms with Gasteiger partial charge in [-0.25, -0.2) is 4.98 Å². The van der Waals surface area contributed by atoms with Crippen molar-refractivity contribution in [3.05, 3.63) is 46.4 Å². The van der Waals surface area contributed by atoms with E-state index in [1.165, 1.54) is 0 Å². The Morgan fingerprint density at radius 1 is 1.26 bits per heavy atom. The number of benzene rings is 1.